The first-order valence-electron chi connectivity index (χ1n) is 7.44. The molecule has 24 heavy (non-hydrogen) atoms. The summed E-state index contributed by atoms with van der Waals surface area (Å²) >= 11 is 0. The fraction of sp³-hybridized carbons (Fsp3) is 0.467. The molecular weight excluding hydrogens is 327 g/mol. The van der Waals surface area contributed by atoms with Crippen molar-refractivity contribution in [2.24, 2.45) is 0 Å². The fourth-order valence-electron chi connectivity index (χ4n) is 2.54. The van der Waals surface area contributed by atoms with E-state index in [4.69, 9.17) is 0 Å². The maximum absolute atomic E-state index is 12.2. The summed E-state index contributed by atoms with van der Waals surface area (Å²) in [6.45, 7) is 3.18. The molecule has 0 saturated carbocycles. The molecule has 132 valence electrons. The van der Waals surface area contributed by atoms with E-state index in [2.05, 4.69) is 15.4 Å². The summed E-state index contributed by atoms with van der Waals surface area (Å²) < 4.78 is 40.4. The number of alkyl halides is 3. The molecule has 0 aromatic heterocycles. The summed E-state index contributed by atoms with van der Waals surface area (Å²) in [6.07, 6.45) is -4.77. The third-order valence-corrected chi connectivity index (χ3v) is 3.46. The maximum atomic E-state index is 12.2. The van der Waals surface area contributed by atoms with Gasteiger partial charge < -0.3 is 15.4 Å². The third kappa shape index (κ3) is 4.85. The van der Waals surface area contributed by atoms with Crippen LogP contribution < -0.4 is 15.4 Å². The molecule has 1 fully saturated rings. The van der Waals surface area contributed by atoms with Gasteiger partial charge in [0.25, 0.3) is 0 Å². The van der Waals surface area contributed by atoms with Gasteiger partial charge in [-0.2, -0.15) is 0 Å². The van der Waals surface area contributed by atoms with E-state index in [1.165, 1.54) is 12.1 Å². The minimum absolute atomic E-state index is 0.0345. The number of nitrogens with zero attached hydrogens (tertiary/aromatic N) is 1. The van der Waals surface area contributed by atoms with E-state index in [0.29, 0.717) is 25.2 Å². The van der Waals surface area contributed by atoms with Gasteiger partial charge in [0, 0.05) is 19.6 Å². The minimum Gasteiger partial charge on any atom is -0.406 e. The van der Waals surface area contributed by atoms with Crippen molar-refractivity contribution in [3.63, 3.8) is 0 Å². The van der Waals surface area contributed by atoms with Crippen LogP contribution in [-0.2, 0) is 9.59 Å². The van der Waals surface area contributed by atoms with Crippen LogP contribution in [0.2, 0.25) is 0 Å². The molecule has 1 aliphatic rings. The van der Waals surface area contributed by atoms with Crippen molar-refractivity contribution < 1.29 is 27.5 Å². The van der Waals surface area contributed by atoms with E-state index >= 15 is 0 Å². The average molecular weight is 345 g/mol. The lowest BCUT2D eigenvalue weighted by atomic mass is 10.0. The van der Waals surface area contributed by atoms with Gasteiger partial charge >= 0.3 is 6.36 Å². The molecule has 1 aromatic carbocycles. The van der Waals surface area contributed by atoms with Gasteiger partial charge in [-0.15, -0.1) is 13.2 Å². The second kappa shape index (κ2) is 7.52. The smallest absolute Gasteiger partial charge is 0.406 e. The highest BCUT2D eigenvalue weighted by Crippen LogP contribution is 2.27. The lowest BCUT2D eigenvalue weighted by molar-refractivity contribution is -0.274. The van der Waals surface area contributed by atoms with Crippen molar-refractivity contribution in [1.29, 1.82) is 0 Å². The van der Waals surface area contributed by atoms with Gasteiger partial charge in [-0.1, -0.05) is 12.1 Å². The Morgan fingerprint density at radius 2 is 2.04 bits per heavy atom. The van der Waals surface area contributed by atoms with Crippen LogP contribution in [0, 0.1) is 0 Å². The molecule has 0 radical (unpaired) electrons. The number of hydrogen-bond acceptors (Lipinski definition) is 4. The van der Waals surface area contributed by atoms with Crippen LogP contribution >= 0.6 is 0 Å². The molecule has 0 unspecified atom stereocenters. The number of benzene rings is 1. The summed E-state index contributed by atoms with van der Waals surface area (Å²) in [5, 5.41) is 5.35. The number of carbonyl (C=O) groups is 2. The molecule has 1 saturated heterocycles. The zero-order valence-electron chi connectivity index (χ0n) is 13.0. The van der Waals surface area contributed by atoms with Gasteiger partial charge in [0.2, 0.25) is 11.8 Å². The first-order chi connectivity index (χ1) is 11.3. The van der Waals surface area contributed by atoms with Gasteiger partial charge in [0.1, 0.15) is 11.8 Å². The quantitative estimate of drug-likeness (QED) is 0.841. The number of nitrogens with one attached hydrogen (secondary N) is 2. The number of ether oxygens (including phenoxy) is 1. The van der Waals surface area contributed by atoms with Gasteiger partial charge in [-0.25, -0.2) is 0 Å². The van der Waals surface area contributed by atoms with E-state index in [0.717, 1.165) is 12.1 Å². The second-order valence-corrected chi connectivity index (χ2v) is 5.23. The lowest BCUT2D eigenvalue weighted by Crippen LogP contribution is -2.52. The summed E-state index contributed by atoms with van der Waals surface area (Å²) in [6, 6.07) is 4.34. The highest BCUT2D eigenvalue weighted by molar-refractivity contribution is 5.85. The Balaban J connectivity index is 2.15. The van der Waals surface area contributed by atoms with Crippen LogP contribution in [0.4, 0.5) is 13.2 Å². The predicted octanol–water partition coefficient (Wildman–Crippen LogP) is 1.19. The Kier molecular flexibility index (Phi) is 5.66. The van der Waals surface area contributed by atoms with Crippen molar-refractivity contribution in [2.45, 2.75) is 19.3 Å². The van der Waals surface area contributed by atoms with E-state index in [1.54, 1.807) is 11.8 Å². The fourth-order valence-corrected chi connectivity index (χ4v) is 2.54. The summed E-state index contributed by atoms with van der Waals surface area (Å²) in [5.41, 5.74) is 0.492. The molecule has 0 spiro atoms. The SMILES string of the molecule is CCNC(=O)CN1CCNC(=O)[C@@H]1c1ccc(OC(F)(F)F)cc1. The Morgan fingerprint density at radius 3 is 2.62 bits per heavy atom. The van der Waals surface area contributed by atoms with Crippen LogP contribution in [0.25, 0.3) is 0 Å². The first-order valence-corrected chi connectivity index (χ1v) is 7.44. The number of piperazine rings is 1. The highest BCUT2D eigenvalue weighted by Gasteiger charge is 2.33. The number of halogens is 3. The first kappa shape index (κ1) is 18.1. The maximum Gasteiger partial charge on any atom is 0.573 e. The van der Waals surface area contributed by atoms with Crippen LogP contribution in [0.1, 0.15) is 18.5 Å². The van der Waals surface area contributed by atoms with Gasteiger partial charge in [-0.05, 0) is 24.6 Å². The van der Waals surface area contributed by atoms with Crippen LogP contribution in [0.5, 0.6) is 5.75 Å². The molecule has 1 aromatic rings. The van der Waals surface area contributed by atoms with Gasteiger partial charge in [-0.3, -0.25) is 14.5 Å². The van der Waals surface area contributed by atoms with E-state index in [-0.39, 0.29) is 24.1 Å². The molecule has 1 atom stereocenters. The summed E-state index contributed by atoms with van der Waals surface area (Å²) in [7, 11) is 0. The predicted molar refractivity (Wildman–Crippen MR) is 79.1 cm³/mol. The molecule has 2 rings (SSSR count). The standard InChI is InChI=1S/C15H18F3N3O3/c1-2-19-12(22)9-21-8-7-20-14(23)13(21)10-3-5-11(6-4-10)24-15(16,17)18/h3-6,13H,2,7-9H2,1H3,(H,19,22)(H,20,23)/t13-/m0/s1. The highest BCUT2D eigenvalue weighted by atomic mass is 19.4. The molecule has 1 aliphatic heterocycles. The number of carbonyl (C=O) groups excluding carboxylic acids is 2. The Labute approximate surface area is 137 Å². The number of rotatable bonds is 5. The van der Waals surface area contributed by atoms with E-state index in [1.807, 2.05) is 0 Å². The molecule has 0 bridgehead atoms. The molecule has 0 aliphatic carbocycles. The summed E-state index contributed by atoms with van der Waals surface area (Å²) in [5.74, 6) is -0.873. The Morgan fingerprint density at radius 1 is 1.38 bits per heavy atom. The number of hydrogen-bond donors (Lipinski definition) is 2. The topological polar surface area (TPSA) is 70.7 Å². The second-order valence-electron chi connectivity index (χ2n) is 5.23. The monoisotopic (exact) mass is 345 g/mol. The minimum atomic E-state index is -4.77. The number of amides is 2. The van der Waals surface area contributed by atoms with E-state index in [9.17, 15) is 22.8 Å². The largest absolute Gasteiger partial charge is 0.573 e. The molecule has 9 heteroatoms. The normalized spacial score (nSPS) is 18.8. The van der Waals surface area contributed by atoms with Crippen molar-refractivity contribution in [1.82, 2.24) is 15.5 Å². The average Bonchev–Trinajstić information content (AvgIpc) is 2.47. The molecule has 1 heterocycles. The molecule has 2 N–H and O–H groups in total. The lowest BCUT2D eigenvalue weighted by Gasteiger charge is -2.34. The number of likely N-dealkylation sites (N-methyl/N-ethyl adjacent to an activating group) is 1. The van der Waals surface area contributed by atoms with Crippen molar-refractivity contribution >= 4 is 11.8 Å². The van der Waals surface area contributed by atoms with E-state index < -0.39 is 12.4 Å². The van der Waals surface area contributed by atoms with Crippen molar-refractivity contribution in [2.75, 3.05) is 26.2 Å². The van der Waals surface area contributed by atoms with Crippen LogP contribution in [-0.4, -0.2) is 49.3 Å². The Hall–Kier alpha value is -2.29. The van der Waals surface area contributed by atoms with Crippen molar-refractivity contribution in [3.8, 4) is 5.75 Å². The third-order valence-electron chi connectivity index (χ3n) is 3.46. The molecular formula is C15H18F3N3O3. The van der Waals surface area contributed by atoms with Gasteiger partial charge in [0.15, 0.2) is 0 Å². The summed E-state index contributed by atoms with van der Waals surface area (Å²) in [4.78, 5) is 25.6. The zero-order chi connectivity index (χ0) is 17.7. The Bertz CT molecular complexity index is 590. The zero-order valence-corrected chi connectivity index (χ0v) is 13.0. The molecule has 6 nitrogen and oxygen atoms in total. The van der Waals surface area contributed by atoms with Gasteiger partial charge in [0.05, 0.1) is 6.54 Å². The van der Waals surface area contributed by atoms with Crippen LogP contribution in [0.3, 0.4) is 0 Å². The van der Waals surface area contributed by atoms with Crippen molar-refractivity contribution in [3.05, 3.63) is 29.8 Å². The van der Waals surface area contributed by atoms with Crippen LogP contribution in [0.15, 0.2) is 24.3 Å². The molecule has 2 amide bonds.